The van der Waals surface area contributed by atoms with Gasteiger partial charge in [-0.05, 0) is 48.9 Å². The lowest BCUT2D eigenvalue weighted by molar-refractivity contribution is 0.455. The van der Waals surface area contributed by atoms with Crippen LogP contribution in [0.15, 0.2) is 70.3 Å². The zero-order chi connectivity index (χ0) is 19.5. The van der Waals surface area contributed by atoms with Crippen molar-refractivity contribution in [2.75, 3.05) is 0 Å². The Hall–Kier alpha value is -2.45. The minimum absolute atomic E-state index is 0.156. The Labute approximate surface area is 176 Å². The lowest BCUT2D eigenvalue weighted by Gasteiger charge is -2.09. The average Bonchev–Trinajstić information content (AvgIpc) is 3.35. The number of rotatable bonds is 6. The summed E-state index contributed by atoms with van der Waals surface area (Å²) < 4.78 is 2.97. The molecule has 6 nitrogen and oxygen atoms in total. The zero-order valence-electron chi connectivity index (χ0n) is 15.5. The number of benzene rings is 2. The normalized spacial score (nSPS) is 11.3. The van der Waals surface area contributed by atoms with E-state index in [4.69, 9.17) is 0 Å². The average molecular weight is 455 g/mol. The minimum atomic E-state index is 0.156. The molecule has 0 aliphatic rings. The molecule has 142 valence electrons. The first kappa shape index (κ1) is 18.9. The number of halogens is 1. The molecule has 0 radical (unpaired) electrons. The maximum absolute atomic E-state index is 4.62. The molecule has 0 amide bonds. The van der Waals surface area contributed by atoms with E-state index in [1.54, 1.807) is 16.6 Å². The lowest BCUT2D eigenvalue weighted by atomic mass is 10.2. The fourth-order valence-electron chi connectivity index (χ4n) is 2.67. The number of hydrogen-bond acceptors (Lipinski definition) is 5. The third-order valence-electron chi connectivity index (χ3n) is 4.15. The highest BCUT2D eigenvalue weighted by Gasteiger charge is 2.19. The maximum Gasteiger partial charge on any atom is 0.209 e. The van der Waals surface area contributed by atoms with E-state index >= 15 is 0 Å². The molecular formula is C20H19BrN6S. The molecule has 0 atom stereocenters. The van der Waals surface area contributed by atoms with E-state index in [9.17, 15) is 0 Å². The molecule has 2 heterocycles. The van der Waals surface area contributed by atoms with E-state index in [0.717, 1.165) is 26.5 Å². The Morgan fingerprint density at radius 1 is 1.04 bits per heavy atom. The predicted molar refractivity (Wildman–Crippen MR) is 114 cm³/mol. The van der Waals surface area contributed by atoms with Crippen LogP contribution in [0.3, 0.4) is 0 Å². The third kappa shape index (κ3) is 4.02. The van der Waals surface area contributed by atoms with Crippen LogP contribution in [0.1, 0.15) is 25.5 Å². The van der Waals surface area contributed by atoms with Gasteiger partial charge >= 0.3 is 0 Å². The second-order valence-electron chi connectivity index (χ2n) is 6.55. The van der Waals surface area contributed by atoms with Gasteiger partial charge in [0, 0.05) is 10.2 Å². The number of hydrogen-bond donors (Lipinski definition) is 0. The van der Waals surface area contributed by atoms with Gasteiger partial charge in [0.15, 0.2) is 0 Å². The summed E-state index contributed by atoms with van der Waals surface area (Å²) in [7, 11) is 0. The first-order valence-electron chi connectivity index (χ1n) is 8.92. The van der Waals surface area contributed by atoms with Crippen molar-refractivity contribution in [3.8, 4) is 17.1 Å². The fraction of sp³-hybridized carbons (Fsp3) is 0.200. The molecule has 0 unspecified atom stereocenters. The van der Waals surface area contributed by atoms with Gasteiger partial charge in [0.2, 0.25) is 5.82 Å². The van der Waals surface area contributed by atoms with Gasteiger partial charge in [-0.2, -0.15) is 9.90 Å². The van der Waals surface area contributed by atoms with Crippen LogP contribution in [-0.4, -0.2) is 30.0 Å². The summed E-state index contributed by atoms with van der Waals surface area (Å²) >= 11 is 5.21. The van der Waals surface area contributed by atoms with Crippen molar-refractivity contribution in [1.29, 1.82) is 0 Å². The first-order chi connectivity index (χ1) is 13.6. The van der Waals surface area contributed by atoms with Crippen molar-refractivity contribution < 1.29 is 0 Å². The topological polar surface area (TPSA) is 61.4 Å². The Kier molecular flexibility index (Phi) is 5.59. The first-order valence-corrected chi connectivity index (χ1v) is 10.7. The smallest absolute Gasteiger partial charge is 0.209 e. The van der Waals surface area contributed by atoms with Gasteiger partial charge in [0.05, 0.1) is 23.5 Å². The molecule has 0 aliphatic heterocycles. The van der Waals surface area contributed by atoms with Gasteiger partial charge in [-0.1, -0.05) is 46.3 Å². The molecule has 4 aromatic rings. The second kappa shape index (κ2) is 8.28. The van der Waals surface area contributed by atoms with Crippen molar-refractivity contribution in [2.45, 2.75) is 30.7 Å². The van der Waals surface area contributed by atoms with E-state index in [-0.39, 0.29) is 6.04 Å². The predicted octanol–water partition coefficient (Wildman–Crippen LogP) is 5.16. The van der Waals surface area contributed by atoms with E-state index in [1.165, 1.54) is 5.56 Å². The minimum Gasteiger partial charge on any atom is -0.226 e. The molecule has 0 bridgehead atoms. The van der Waals surface area contributed by atoms with Crippen molar-refractivity contribution in [1.82, 2.24) is 30.0 Å². The summed E-state index contributed by atoms with van der Waals surface area (Å²) in [5.74, 6) is 1.42. The molecular weight excluding hydrogens is 436 g/mol. The van der Waals surface area contributed by atoms with Gasteiger partial charge < -0.3 is 0 Å². The van der Waals surface area contributed by atoms with Gasteiger partial charge in [-0.3, -0.25) is 0 Å². The van der Waals surface area contributed by atoms with Crippen molar-refractivity contribution in [3.63, 3.8) is 0 Å². The van der Waals surface area contributed by atoms with Gasteiger partial charge in [0.25, 0.3) is 0 Å². The highest BCUT2D eigenvalue weighted by molar-refractivity contribution is 9.10. The summed E-state index contributed by atoms with van der Waals surface area (Å²) in [5, 5.41) is 18.6. The second-order valence-corrected chi connectivity index (χ2v) is 8.43. The van der Waals surface area contributed by atoms with E-state index in [2.05, 4.69) is 60.7 Å². The summed E-state index contributed by atoms with van der Waals surface area (Å²) in [6, 6.07) is 18.6. The van der Waals surface area contributed by atoms with Crippen LogP contribution in [-0.2, 0) is 5.75 Å². The van der Waals surface area contributed by atoms with Crippen LogP contribution in [0.25, 0.3) is 17.1 Å². The number of nitrogens with zero attached hydrogens (tertiary/aromatic N) is 6. The standard InChI is InChI=1S/C20H19BrN6S/c1-14(2)27-24-19(23-25-27)18-12-22-26(17-10-8-16(21)9-11-17)20(18)28-13-15-6-4-3-5-7-15/h3-12,14H,13H2,1-2H3. The van der Waals surface area contributed by atoms with Crippen LogP contribution in [0.2, 0.25) is 0 Å². The van der Waals surface area contributed by atoms with Gasteiger partial charge in [-0.25, -0.2) is 4.68 Å². The zero-order valence-corrected chi connectivity index (χ0v) is 17.9. The van der Waals surface area contributed by atoms with Gasteiger partial charge in [-0.15, -0.1) is 22.0 Å². The third-order valence-corrected chi connectivity index (χ3v) is 5.82. The summed E-state index contributed by atoms with van der Waals surface area (Å²) in [4.78, 5) is 1.62. The lowest BCUT2D eigenvalue weighted by Crippen LogP contribution is -2.04. The summed E-state index contributed by atoms with van der Waals surface area (Å²) in [5.41, 5.74) is 3.12. The molecule has 0 N–H and O–H groups in total. The van der Waals surface area contributed by atoms with E-state index < -0.39 is 0 Å². The maximum atomic E-state index is 4.62. The fourth-order valence-corrected chi connectivity index (χ4v) is 4.01. The van der Waals surface area contributed by atoms with Crippen molar-refractivity contribution >= 4 is 27.7 Å². The Bertz CT molecular complexity index is 1060. The number of aromatic nitrogens is 6. The molecule has 0 fully saturated rings. The molecule has 8 heteroatoms. The van der Waals surface area contributed by atoms with E-state index in [1.807, 2.05) is 55.1 Å². The number of thioether (sulfide) groups is 1. The molecule has 0 aliphatic carbocycles. The molecule has 0 spiro atoms. The quantitative estimate of drug-likeness (QED) is 0.376. The van der Waals surface area contributed by atoms with Crippen LogP contribution < -0.4 is 0 Å². The molecule has 0 saturated heterocycles. The molecule has 28 heavy (non-hydrogen) atoms. The Balaban J connectivity index is 1.73. The van der Waals surface area contributed by atoms with Crippen molar-refractivity contribution in [3.05, 3.63) is 70.8 Å². The Morgan fingerprint density at radius 2 is 1.79 bits per heavy atom. The van der Waals surface area contributed by atoms with Crippen molar-refractivity contribution in [2.24, 2.45) is 0 Å². The SMILES string of the molecule is CC(C)n1nnc(-c2cnn(-c3ccc(Br)cc3)c2SCc2ccccc2)n1. The van der Waals surface area contributed by atoms with E-state index in [0.29, 0.717) is 5.82 Å². The van der Waals surface area contributed by atoms with Crippen LogP contribution in [0.4, 0.5) is 0 Å². The van der Waals surface area contributed by atoms with Gasteiger partial charge in [0.1, 0.15) is 5.03 Å². The molecule has 0 saturated carbocycles. The Morgan fingerprint density at radius 3 is 2.46 bits per heavy atom. The largest absolute Gasteiger partial charge is 0.226 e. The van der Waals surface area contributed by atoms with Crippen LogP contribution in [0.5, 0.6) is 0 Å². The number of tetrazole rings is 1. The highest BCUT2D eigenvalue weighted by atomic mass is 79.9. The monoisotopic (exact) mass is 454 g/mol. The highest BCUT2D eigenvalue weighted by Crippen LogP contribution is 2.33. The summed E-state index contributed by atoms with van der Waals surface area (Å²) in [6.07, 6.45) is 1.82. The molecule has 2 aromatic heterocycles. The molecule has 2 aromatic carbocycles. The van der Waals surface area contributed by atoms with Crippen LogP contribution in [0, 0.1) is 0 Å². The summed E-state index contributed by atoms with van der Waals surface area (Å²) in [6.45, 7) is 4.06. The van der Waals surface area contributed by atoms with Crippen LogP contribution >= 0.6 is 27.7 Å². The molecule has 4 rings (SSSR count).